The van der Waals surface area contributed by atoms with E-state index in [9.17, 15) is 0 Å². The highest BCUT2D eigenvalue weighted by Crippen LogP contribution is 2.36. The summed E-state index contributed by atoms with van der Waals surface area (Å²) in [4.78, 5) is 2.29. The van der Waals surface area contributed by atoms with Crippen molar-refractivity contribution >= 4 is 28.7 Å². The summed E-state index contributed by atoms with van der Waals surface area (Å²) >= 11 is 0. The van der Waals surface area contributed by atoms with Gasteiger partial charge >= 0.3 is 0 Å². The fourth-order valence-electron chi connectivity index (χ4n) is 4.60. The fraction of sp³-hybridized carbons (Fsp3) is 0.111. The second kappa shape index (κ2) is 11.7. The van der Waals surface area contributed by atoms with Crippen LogP contribution in [0.1, 0.15) is 27.8 Å². The Morgan fingerprint density at radius 2 is 0.846 bits per heavy atom. The highest BCUT2D eigenvalue weighted by atomic mass is 16.5. The molecule has 5 aromatic carbocycles. The van der Waals surface area contributed by atoms with Crippen LogP contribution < -0.4 is 14.4 Å². The van der Waals surface area contributed by atoms with E-state index < -0.39 is 0 Å². The summed E-state index contributed by atoms with van der Waals surface area (Å²) in [6, 6.07) is 42.4. The first kappa shape index (κ1) is 25.9. The molecule has 0 aliphatic heterocycles. The van der Waals surface area contributed by atoms with E-state index in [-0.39, 0.29) is 0 Å². The lowest BCUT2D eigenvalue weighted by molar-refractivity contribution is 0.414. The Hall–Kier alpha value is -4.76. The Bertz CT molecular complexity index is 1440. The van der Waals surface area contributed by atoms with E-state index in [1.54, 1.807) is 14.2 Å². The molecule has 0 aliphatic rings. The Morgan fingerprint density at radius 1 is 0.487 bits per heavy atom. The van der Waals surface area contributed by atoms with E-state index in [1.165, 1.54) is 11.1 Å². The van der Waals surface area contributed by atoms with Gasteiger partial charge in [0.1, 0.15) is 11.5 Å². The van der Waals surface area contributed by atoms with Gasteiger partial charge in [-0.05, 0) is 103 Å². The van der Waals surface area contributed by atoms with Crippen LogP contribution in [0, 0.1) is 13.8 Å². The second-order valence-corrected chi connectivity index (χ2v) is 9.61. The van der Waals surface area contributed by atoms with Gasteiger partial charge in [-0.2, -0.15) is 0 Å². The van der Waals surface area contributed by atoms with Gasteiger partial charge in [0.2, 0.25) is 0 Å². The van der Waals surface area contributed by atoms with Gasteiger partial charge in [-0.25, -0.2) is 0 Å². The maximum atomic E-state index is 5.38. The molecular formula is C36H33NO2. The average molecular weight is 512 g/mol. The molecular weight excluding hydrogens is 478 g/mol. The third-order valence-electron chi connectivity index (χ3n) is 6.85. The number of hydrogen-bond donors (Lipinski definition) is 0. The topological polar surface area (TPSA) is 21.7 Å². The summed E-state index contributed by atoms with van der Waals surface area (Å²) in [5.74, 6) is 1.67. The third kappa shape index (κ3) is 6.05. The molecule has 0 spiro atoms. The van der Waals surface area contributed by atoms with Crippen LogP contribution in [0.2, 0.25) is 0 Å². The maximum Gasteiger partial charge on any atom is 0.118 e. The molecule has 0 aliphatic carbocycles. The number of rotatable bonds is 8. The van der Waals surface area contributed by atoms with Crippen LogP contribution >= 0.6 is 0 Å². The smallest absolute Gasteiger partial charge is 0.118 e. The number of anilines is 3. The minimum atomic E-state index is 0.837. The van der Waals surface area contributed by atoms with Gasteiger partial charge in [-0.1, -0.05) is 71.8 Å². The molecule has 5 aromatic rings. The zero-order valence-corrected chi connectivity index (χ0v) is 22.9. The van der Waals surface area contributed by atoms with Crippen molar-refractivity contribution in [3.63, 3.8) is 0 Å². The molecule has 0 N–H and O–H groups in total. The molecule has 0 saturated carbocycles. The van der Waals surface area contributed by atoms with Gasteiger partial charge in [0.25, 0.3) is 0 Å². The van der Waals surface area contributed by atoms with Crippen LogP contribution in [0.25, 0.3) is 11.6 Å². The lowest BCUT2D eigenvalue weighted by Crippen LogP contribution is -2.09. The van der Waals surface area contributed by atoms with E-state index in [1.807, 2.05) is 24.3 Å². The quantitative estimate of drug-likeness (QED) is 0.194. The van der Waals surface area contributed by atoms with Gasteiger partial charge < -0.3 is 14.4 Å². The summed E-state index contributed by atoms with van der Waals surface area (Å²) in [5, 5.41) is 0. The number of aryl methyl sites for hydroxylation is 2. The van der Waals surface area contributed by atoms with Crippen LogP contribution in [0.3, 0.4) is 0 Å². The Balaban J connectivity index is 1.54. The van der Waals surface area contributed by atoms with Crippen LogP contribution in [0.15, 0.2) is 121 Å². The SMILES string of the molecule is COc1ccc(C(=Cc2ccc(N(c3ccc(C)cc3)c3ccc(C)cc3)cc2)c2ccc(OC)cc2)cc1. The van der Waals surface area contributed by atoms with Gasteiger partial charge in [0.05, 0.1) is 14.2 Å². The van der Waals surface area contributed by atoms with Crippen molar-refractivity contribution in [2.75, 3.05) is 19.1 Å². The van der Waals surface area contributed by atoms with Gasteiger partial charge in [0, 0.05) is 17.1 Å². The summed E-state index contributed by atoms with van der Waals surface area (Å²) in [5.41, 5.74) is 10.3. The molecule has 0 saturated heterocycles. The van der Waals surface area contributed by atoms with Crippen molar-refractivity contribution in [2.45, 2.75) is 13.8 Å². The Labute approximate surface area is 231 Å². The highest BCUT2D eigenvalue weighted by Gasteiger charge is 2.13. The molecule has 3 nitrogen and oxygen atoms in total. The largest absolute Gasteiger partial charge is 0.497 e. The predicted octanol–water partition coefficient (Wildman–Crippen LogP) is 9.38. The summed E-state index contributed by atoms with van der Waals surface area (Å²) in [7, 11) is 3.38. The molecule has 0 fully saturated rings. The average Bonchev–Trinajstić information content (AvgIpc) is 2.99. The third-order valence-corrected chi connectivity index (χ3v) is 6.85. The van der Waals surface area contributed by atoms with E-state index >= 15 is 0 Å². The predicted molar refractivity (Wildman–Crippen MR) is 164 cm³/mol. The number of ether oxygens (including phenoxy) is 2. The van der Waals surface area contributed by atoms with Gasteiger partial charge in [-0.15, -0.1) is 0 Å². The van der Waals surface area contributed by atoms with Crippen molar-refractivity contribution in [3.05, 3.63) is 149 Å². The first-order valence-corrected chi connectivity index (χ1v) is 13.1. The fourth-order valence-corrected chi connectivity index (χ4v) is 4.60. The first-order chi connectivity index (χ1) is 19.0. The first-order valence-electron chi connectivity index (χ1n) is 13.1. The lowest BCUT2D eigenvalue weighted by atomic mass is 9.95. The van der Waals surface area contributed by atoms with Crippen molar-refractivity contribution in [2.24, 2.45) is 0 Å². The molecule has 0 radical (unpaired) electrons. The molecule has 194 valence electrons. The standard InChI is InChI=1S/C36H33NO2/c1-26-5-15-31(16-6-26)37(32-17-7-27(2)8-18-32)33-19-9-28(10-20-33)25-36(29-11-21-34(38-3)22-12-29)30-13-23-35(39-4)24-14-30/h5-25H,1-4H3. The Kier molecular flexibility index (Phi) is 7.79. The van der Waals surface area contributed by atoms with Gasteiger partial charge in [-0.3, -0.25) is 0 Å². The monoisotopic (exact) mass is 511 g/mol. The molecule has 0 amide bonds. The van der Waals surface area contributed by atoms with Crippen molar-refractivity contribution < 1.29 is 9.47 Å². The Morgan fingerprint density at radius 3 is 1.21 bits per heavy atom. The highest BCUT2D eigenvalue weighted by molar-refractivity contribution is 5.92. The van der Waals surface area contributed by atoms with E-state index in [2.05, 4.69) is 122 Å². The van der Waals surface area contributed by atoms with Gasteiger partial charge in [0.15, 0.2) is 0 Å². The van der Waals surface area contributed by atoms with Crippen molar-refractivity contribution in [3.8, 4) is 11.5 Å². The van der Waals surface area contributed by atoms with Crippen LogP contribution in [0.4, 0.5) is 17.1 Å². The molecule has 0 heterocycles. The van der Waals surface area contributed by atoms with Crippen LogP contribution in [0.5, 0.6) is 11.5 Å². The van der Waals surface area contributed by atoms with Crippen LogP contribution in [-0.2, 0) is 0 Å². The number of nitrogens with zero attached hydrogens (tertiary/aromatic N) is 1. The van der Waals surface area contributed by atoms with E-state index in [0.717, 1.165) is 50.8 Å². The molecule has 0 bridgehead atoms. The number of benzene rings is 5. The second-order valence-electron chi connectivity index (χ2n) is 9.61. The van der Waals surface area contributed by atoms with Crippen molar-refractivity contribution in [1.82, 2.24) is 0 Å². The summed E-state index contributed by atoms with van der Waals surface area (Å²) in [6.45, 7) is 4.23. The summed E-state index contributed by atoms with van der Waals surface area (Å²) in [6.07, 6.45) is 2.23. The zero-order valence-electron chi connectivity index (χ0n) is 22.9. The molecule has 0 unspecified atom stereocenters. The molecule has 0 atom stereocenters. The molecule has 5 rings (SSSR count). The summed E-state index contributed by atoms with van der Waals surface area (Å²) < 4.78 is 10.8. The zero-order chi connectivity index (χ0) is 27.2. The van der Waals surface area contributed by atoms with E-state index in [0.29, 0.717) is 0 Å². The van der Waals surface area contributed by atoms with Crippen LogP contribution in [-0.4, -0.2) is 14.2 Å². The number of methoxy groups -OCH3 is 2. The lowest BCUT2D eigenvalue weighted by Gasteiger charge is -2.26. The van der Waals surface area contributed by atoms with Crippen molar-refractivity contribution in [1.29, 1.82) is 0 Å². The minimum absolute atomic E-state index is 0.837. The molecule has 39 heavy (non-hydrogen) atoms. The minimum Gasteiger partial charge on any atom is -0.497 e. The molecule has 3 heteroatoms. The maximum absolute atomic E-state index is 5.38. The molecule has 0 aromatic heterocycles. The van der Waals surface area contributed by atoms with E-state index in [4.69, 9.17) is 9.47 Å². The normalized spacial score (nSPS) is 10.6. The number of hydrogen-bond acceptors (Lipinski definition) is 3.